The van der Waals surface area contributed by atoms with Gasteiger partial charge in [0.25, 0.3) is 0 Å². The quantitative estimate of drug-likeness (QED) is 0.827. The van der Waals surface area contributed by atoms with Crippen LogP contribution in [0.2, 0.25) is 0 Å². The van der Waals surface area contributed by atoms with Gasteiger partial charge >= 0.3 is 6.18 Å². The number of nitrogens with zero attached hydrogens (tertiary/aromatic N) is 3. The van der Waals surface area contributed by atoms with Gasteiger partial charge in [-0.1, -0.05) is 17.4 Å². The first-order valence-corrected chi connectivity index (χ1v) is 9.06. The summed E-state index contributed by atoms with van der Waals surface area (Å²) in [5, 5.41) is -0.164. The zero-order valence-corrected chi connectivity index (χ0v) is 13.7. The van der Waals surface area contributed by atoms with Crippen LogP contribution in [-0.4, -0.2) is 20.4 Å². The minimum absolute atomic E-state index is 0.400. The van der Waals surface area contributed by atoms with Gasteiger partial charge in [0.05, 0.1) is 15.0 Å². The minimum atomic E-state index is -4.49. The first-order valence-electron chi connectivity index (χ1n) is 6.26. The molecule has 0 fully saturated rings. The predicted molar refractivity (Wildman–Crippen MR) is 80.7 cm³/mol. The lowest BCUT2D eigenvalue weighted by Crippen LogP contribution is -2.11. The fraction of sp³-hybridized carbons (Fsp3) is 0.385. The highest BCUT2D eigenvalue weighted by molar-refractivity contribution is 7.93. The van der Waals surface area contributed by atoms with E-state index in [0.717, 1.165) is 17.1 Å². The zero-order valence-electron chi connectivity index (χ0n) is 12.1. The Morgan fingerprint density at radius 2 is 1.95 bits per heavy atom. The third-order valence-electron chi connectivity index (χ3n) is 3.07. The van der Waals surface area contributed by atoms with Gasteiger partial charge in [-0.3, -0.25) is 4.98 Å². The monoisotopic (exact) mass is 349 g/mol. The van der Waals surface area contributed by atoms with E-state index in [1.165, 1.54) is 23.7 Å². The molecule has 2 atom stereocenters. The van der Waals surface area contributed by atoms with Crippen LogP contribution in [0, 0.1) is 6.92 Å². The van der Waals surface area contributed by atoms with Crippen molar-refractivity contribution in [3.63, 3.8) is 0 Å². The molecule has 0 N–H and O–H groups in total. The largest absolute Gasteiger partial charge is 0.433 e. The van der Waals surface area contributed by atoms with Crippen molar-refractivity contribution in [3.8, 4) is 0 Å². The highest BCUT2D eigenvalue weighted by Crippen LogP contribution is 2.31. The fourth-order valence-corrected chi connectivity index (χ4v) is 3.94. The van der Waals surface area contributed by atoms with Crippen molar-refractivity contribution < 1.29 is 17.4 Å². The van der Waals surface area contributed by atoms with E-state index in [-0.39, 0.29) is 0 Å². The summed E-state index contributed by atoms with van der Waals surface area (Å²) < 4.78 is 54.3. The molecule has 0 saturated heterocycles. The smallest absolute Gasteiger partial charge is 0.251 e. The van der Waals surface area contributed by atoms with Crippen molar-refractivity contribution in [1.29, 1.82) is 0 Å². The average Bonchev–Trinajstić information content (AvgIpc) is 2.81. The van der Waals surface area contributed by atoms with Crippen LogP contribution in [0.1, 0.15) is 28.3 Å². The van der Waals surface area contributed by atoms with Gasteiger partial charge in [-0.25, -0.2) is 9.19 Å². The van der Waals surface area contributed by atoms with Gasteiger partial charge in [0.15, 0.2) is 0 Å². The van der Waals surface area contributed by atoms with Crippen molar-refractivity contribution in [3.05, 3.63) is 40.7 Å². The maximum absolute atomic E-state index is 12.7. The Morgan fingerprint density at radius 3 is 2.41 bits per heavy atom. The molecule has 0 aliphatic heterocycles. The molecule has 0 amide bonds. The number of halogens is 3. The second kappa shape index (κ2) is 5.96. The second-order valence-electron chi connectivity index (χ2n) is 4.82. The third kappa shape index (κ3) is 3.83. The molecule has 0 bridgehead atoms. The molecule has 22 heavy (non-hydrogen) atoms. The van der Waals surface area contributed by atoms with Crippen molar-refractivity contribution in [2.75, 3.05) is 6.26 Å². The van der Waals surface area contributed by atoms with Crippen molar-refractivity contribution in [2.24, 2.45) is 4.36 Å². The van der Waals surface area contributed by atoms with Gasteiger partial charge in [-0.05, 0) is 25.5 Å². The summed E-state index contributed by atoms with van der Waals surface area (Å²) in [6, 6.07) is 2.17. The van der Waals surface area contributed by atoms with Crippen LogP contribution < -0.4 is 0 Å². The van der Waals surface area contributed by atoms with E-state index in [2.05, 4.69) is 14.3 Å². The number of thiazole rings is 1. The van der Waals surface area contributed by atoms with Gasteiger partial charge in [0.2, 0.25) is 5.13 Å². The summed E-state index contributed by atoms with van der Waals surface area (Å²) in [7, 11) is -2.70. The Morgan fingerprint density at radius 1 is 1.27 bits per heavy atom. The van der Waals surface area contributed by atoms with Crippen molar-refractivity contribution >= 4 is 26.2 Å². The maximum Gasteiger partial charge on any atom is 0.433 e. The minimum Gasteiger partial charge on any atom is -0.251 e. The molecule has 0 aliphatic carbocycles. The Bertz CT molecular complexity index is 775. The van der Waals surface area contributed by atoms with Crippen molar-refractivity contribution in [1.82, 2.24) is 9.97 Å². The Balaban J connectivity index is 2.32. The average molecular weight is 349 g/mol. The first-order chi connectivity index (χ1) is 10.1. The third-order valence-corrected chi connectivity index (χ3v) is 6.11. The van der Waals surface area contributed by atoms with Crippen LogP contribution in [0.4, 0.5) is 18.3 Å². The lowest BCUT2D eigenvalue weighted by Gasteiger charge is -2.14. The van der Waals surface area contributed by atoms with Crippen LogP contribution in [-0.2, 0) is 15.9 Å². The summed E-state index contributed by atoms with van der Waals surface area (Å²) in [4.78, 5) is 8.36. The number of aromatic nitrogens is 2. The number of rotatable bonds is 3. The SMILES string of the molecule is Cc1cnc(N=S(C)(=O)C(C)c2ccc(C(F)(F)F)nc2)s1. The molecule has 0 saturated carbocycles. The van der Waals surface area contributed by atoms with Gasteiger partial charge in [0.1, 0.15) is 5.69 Å². The molecule has 2 unspecified atom stereocenters. The molecule has 2 heterocycles. The molecule has 2 aromatic rings. The number of pyridine rings is 1. The fourth-order valence-electron chi connectivity index (χ4n) is 1.69. The van der Waals surface area contributed by atoms with Gasteiger partial charge in [0, 0.05) is 23.5 Å². The first kappa shape index (κ1) is 16.9. The molecule has 2 rings (SSSR count). The van der Waals surface area contributed by atoms with Crippen molar-refractivity contribution in [2.45, 2.75) is 25.3 Å². The second-order valence-corrected chi connectivity index (χ2v) is 8.65. The van der Waals surface area contributed by atoms with E-state index in [0.29, 0.717) is 10.7 Å². The van der Waals surface area contributed by atoms with Crippen LogP contribution in [0.25, 0.3) is 0 Å². The Kier molecular flexibility index (Phi) is 4.57. The standard InChI is InChI=1S/C13H14F3N3OS2/c1-8-6-18-12(21-8)19-22(3,20)9(2)10-4-5-11(17-7-10)13(14,15)16/h4-7,9H,1-3H3. The van der Waals surface area contributed by atoms with Gasteiger partial charge < -0.3 is 0 Å². The topological polar surface area (TPSA) is 55.2 Å². The zero-order chi connectivity index (χ0) is 16.5. The number of alkyl halides is 3. The molecule has 0 spiro atoms. The Labute approximate surface area is 130 Å². The van der Waals surface area contributed by atoms with Crippen LogP contribution in [0.5, 0.6) is 0 Å². The van der Waals surface area contributed by atoms with Crippen LogP contribution >= 0.6 is 11.3 Å². The normalized spacial score (nSPS) is 16.1. The summed E-state index contributed by atoms with van der Waals surface area (Å²) in [5.41, 5.74) is -0.531. The highest BCUT2D eigenvalue weighted by atomic mass is 32.2. The lowest BCUT2D eigenvalue weighted by molar-refractivity contribution is -0.141. The summed E-state index contributed by atoms with van der Waals surface area (Å²) in [6.45, 7) is 3.51. The molecular formula is C13H14F3N3OS2. The van der Waals surface area contributed by atoms with E-state index >= 15 is 0 Å². The molecular weight excluding hydrogens is 335 g/mol. The molecule has 9 heteroatoms. The van der Waals surface area contributed by atoms with E-state index in [4.69, 9.17) is 0 Å². The lowest BCUT2D eigenvalue weighted by atomic mass is 10.2. The van der Waals surface area contributed by atoms with Crippen LogP contribution in [0.15, 0.2) is 28.9 Å². The summed E-state index contributed by atoms with van der Waals surface area (Å²) in [5.74, 6) is 0. The summed E-state index contributed by atoms with van der Waals surface area (Å²) >= 11 is 1.31. The Hall–Kier alpha value is -1.48. The van der Waals surface area contributed by atoms with E-state index in [1.54, 1.807) is 13.1 Å². The van der Waals surface area contributed by atoms with Crippen LogP contribution in [0.3, 0.4) is 0 Å². The van der Waals surface area contributed by atoms with Gasteiger partial charge in [-0.15, -0.1) is 0 Å². The predicted octanol–water partition coefficient (Wildman–Crippen LogP) is 4.36. The number of hydrogen-bond acceptors (Lipinski definition) is 5. The van der Waals surface area contributed by atoms with E-state index in [9.17, 15) is 17.4 Å². The molecule has 0 aromatic carbocycles. The number of aryl methyl sites for hydroxylation is 1. The van der Waals surface area contributed by atoms with E-state index < -0.39 is 26.8 Å². The highest BCUT2D eigenvalue weighted by Gasteiger charge is 2.32. The molecule has 4 nitrogen and oxygen atoms in total. The van der Waals surface area contributed by atoms with E-state index in [1.807, 2.05) is 6.92 Å². The maximum atomic E-state index is 12.7. The molecule has 0 aliphatic rings. The molecule has 0 radical (unpaired) electrons. The molecule has 120 valence electrons. The molecule has 2 aromatic heterocycles. The van der Waals surface area contributed by atoms with Gasteiger partial charge in [-0.2, -0.15) is 17.5 Å². The number of hydrogen-bond donors (Lipinski definition) is 0. The summed E-state index contributed by atoms with van der Waals surface area (Å²) in [6.07, 6.45) is -0.299.